The fraction of sp³-hybridized carbons (Fsp3) is 0.385. The largest absolute Gasteiger partial charge is 0.310 e. The molecule has 6 heteroatoms. The highest BCUT2D eigenvalue weighted by molar-refractivity contribution is 8.01. The third-order valence-electron chi connectivity index (χ3n) is 2.67. The van der Waals surface area contributed by atoms with Crippen LogP contribution in [0.5, 0.6) is 0 Å². The highest BCUT2D eigenvalue weighted by Crippen LogP contribution is 2.32. The first-order valence-corrected chi connectivity index (χ1v) is 7.74. The van der Waals surface area contributed by atoms with Crippen molar-refractivity contribution in [2.24, 2.45) is 0 Å². The van der Waals surface area contributed by atoms with Crippen LogP contribution in [0.1, 0.15) is 30.5 Å². The van der Waals surface area contributed by atoms with Gasteiger partial charge in [-0.05, 0) is 38.1 Å². The van der Waals surface area contributed by atoms with E-state index >= 15 is 0 Å². The lowest BCUT2D eigenvalue weighted by molar-refractivity contribution is 0.572. The highest BCUT2D eigenvalue weighted by atomic mass is 32.2. The summed E-state index contributed by atoms with van der Waals surface area (Å²) in [6, 6.07) is 5.50. The van der Waals surface area contributed by atoms with Crippen LogP contribution in [0.15, 0.2) is 27.4 Å². The van der Waals surface area contributed by atoms with Crippen molar-refractivity contribution in [2.75, 3.05) is 6.54 Å². The number of halogens is 1. The van der Waals surface area contributed by atoms with E-state index in [1.807, 2.05) is 26.8 Å². The van der Waals surface area contributed by atoms with Gasteiger partial charge in [0.1, 0.15) is 10.8 Å². The highest BCUT2D eigenvalue weighted by Gasteiger charge is 2.11. The second-order valence-corrected chi connectivity index (χ2v) is 6.63. The Morgan fingerprint density at radius 1 is 1.42 bits per heavy atom. The van der Waals surface area contributed by atoms with Gasteiger partial charge in [-0.3, -0.25) is 0 Å². The van der Waals surface area contributed by atoms with E-state index < -0.39 is 0 Å². The van der Waals surface area contributed by atoms with Crippen LogP contribution in [-0.4, -0.2) is 16.7 Å². The van der Waals surface area contributed by atoms with Crippen LogP contribution in [0.25, 0.3) is 0 Å². The fourth-order valence-corrected chi connectivity index (χ4v) is 3.48. The summed E-state index contributed by atoms with van der Waals surface area (Å²) in [6.45, 7) is 6.82. The molecule has 0 amide bonds. The number of aryl methyl sites for hydroxylation is 1. The molecule has 0 spiro atoms. The van der Waals surface area contributed by atoms with Crippen LogP contribution in [0.4, 0.5) is 4.39 Å². The molecule has 0 aliphatic carbocycles. The molecule has 102 valence electrons. The fourth-order valence-electron chi connectivity index (χ4n) is 1.71. The van der Waals surface area contributed by atoms with Crippen molar-refractivity contribution >= 4 is 23.1 Å². The third-order valence-corrected chi connectivity index (χ3v) is 4.61. The van der Waals surface area contributed by atoms with Crippen LogP contribution in [0.2, 0.25) is 0 Å². The van der Waals surface area contributed by atoms with E-state index in [-0.39, 0.29) is 11.9 Å². The van der Waals surface area contributed by atoms with Gasteiger partial charge in [0.2, 0.25) is 0 Å². The number of aromatic nitrogens is 2. The Hall–Kier alpha value is -0.980. The van der Waals surface area contributed by atoms with Gasteiger partial charge in [0, 0.05) is 6.04 Å². The van der Waals surface area contributed by atoms with Crippen LogP contribution < -0.4 is 5.32 Å². The van der Waals surface area contributed by atoms with E-state index in [4.69, 9.17) is 0 Å². The summed E-state index contributed by atoms with van der Waals surface area (Å²) in [6.07, 6.45) is 0. The molecular weight excluding hydrogens is 281 g/mol. The number of rotatable bonds is 5. The van der Waals surface area contributed by atoms with Gasteiger partial charge in [-0.25, -0.2) is 4.39 Å². The average molecular weight is 297 g/mol. The zero-order chi connectivity index (χ0) is 13.8. The number of hydrogen-bond acceptors (Lipinski definition) is 5. The van der Waals surface area contributed by atoms with Gasteiger partial charge in [0.25, 0.3) is 0 Å². The van der Waals surface area contributed by atoms with Crippen molar-refractivity contribution in [1.82, 2.24) is 15.5 Å². The zero-order valence-corrected chi connectivity index (χ0v) is 12.7. The van der Waals surface area contributed by atoms with E-state index in [1.165, 1.54) is 23.1 Å². The van der Waals surface area contributed by atoms with Crippen molar-refractivity contribution in [3.8, 4) is 0 Å². The number of hydrogen-bond donors (Lipinski definition) is 1. The molecule has 0 saturated carbocycles. The number of nitrogens with one attached hydrogen (secondary N) is 1. The average Bonchev–Trinajstić information content (AvgIpc) is 2.78. The van der Waals surface area contributed by atoms with Crippen LogP contribution in [0, 0.1) is 12.7 Å². The molecule has 19 heavy (non-hydrogen) atoms. The lowest BCUT2D eigenvalue weighted by Gasteiger charge is -2.13. The molecule has 3 nitrogen and oxygen atoms in total. The van der Waals surface area contributed by atoms with E-state index in [9.17, 15) is 4.39 Å². The Bertz CT molecular complexity index is 557. The van der Waals surface area contributed by atoms with Crippen LogP contribution in [0.3, 0.4) is 0 Å². The minimum absolute atomic E-state index is 0.155. The van der Waals surface area contributed by atoms with Crippen molar-refractivity contribution in [2.45, 2.75) is 36.0 Å². The zero-order valence-electron chi connectivity index (χ0n) is 11.1. The predicted octanol–water partition coefficient (Wildman–Crippen LogP) is 3.81. The van der Waals surface area contributed by atoms with Gasteiger partial charge < -0.3 is 5.32 Å². The number of nitrogens with zero attached hydrogens (tertiary/aromatic N) is 2. The molecule has 2 aromatic rings. The molecule has 0 radical (unpaired) electrons. The molecule has 1 aromatic heterocycles. The molecule has 1 heterocycles. The Morgan fingerprint density at radius 3 is 2.79 bits per heavy atom. The molecular formula is C13H16FN3S2. The van der Waals surface area contributed by atoms with Gasteiger partial charge in [-0.15, -0.1) is 10.2 Å². The lowest BCUT2D eigenvalue weighted by atomic mass is 10.1. The maximum absolute atomic E-state index is 14.1. The molecule has 0 saturated heterocycles. The maximum atomic E-state index is 14.1. The molecule has 1 aromatic carbocycles. The predicted molar refractivity (Wildman–Crippen MR) is 77.3 cm³/mol. The van der Waals surface area contributed by atoms with E-state index in [2.05, 4.69) is 15.5 Å². The minimum Gasteiger partial charge on any atom is -0.310 e. The van der Waals surface area contributed by atoms with E-state index in [1.54, 1.807) is 12.1 Å². The molecule has 0 fully saturated rings. The smallest absolute Gasteiger partial charge is 0.179 e. The second kappa shape index (κ2) is 6.45. The quantitative estimate of drug-likeness (QED) is 0.910. The summed E-state index contributed by atoms with van der Waals surface area (Å²) in [5.41, 5.74) is 0.956. The Morgan fingerprint density at radius 2 is 2.21 bits per heavy atom. The van der Waals surface area contributed by atoms with Crippen LogP contribution in [-0.2, 0) is 0 Å². The second-order valence-electron chi connectivity index (χ2n) is 4.16. The maximum Gasteiger partial charge on any atom is 0.179 e. The van der Waals surface area contributed by atoms with Crippen molar-refractivity contribution < 1.29 is 4.39 Å². The molecule has 2 rings (SSSR count). The normalized spacial score (nSPS) is 12.6. The first-order valence-electron chi connectivity index (χ1n) is 6.11. The van der Waals surface area contributed by atoms with Crippen LogP contribution >= 0.6 is 23.1 Å². The minimum atomic E-state index is -0.208. The van der Waals surface area contributed by atoms with E-state index in [0.717, 1.165) is 21.5 Å². The summed E-state index contributed by atoms with van der Waals surface area (Å²) in [4.78, 5) is 0.587. The van der Waals surface area contributed by atoms with Gasteiger partial charge in [0.15, 0.2) is 4.34 Å². The monoisotopic (exact) mass is 297 g/mol. The summed E-state index contributed by atoms with van der Waals surface area (Å²) in [5, 5.41) is 12.1. The molecule has 1 atom stereocenters. The SMILES string of the molecule is CCNC(C)c1ccc(Sc2nnc(C)s2)c(F)c1. The first-order chi connectivity index (χ1) is 9.10. The molecule has 0 aliphatic heterocycles. The molecule has 1 unspecified atom stereocenters. The van der Waals surface area contributed by atoms with Gasteiger partial charge >= 0.3 is 0 Å². The topological polar surface area (TPSA) is 37.8 Å². The molecule has 0 aliphatic rings. The molecule has 0 bridgehead atoms. The van der Waals surface area contributed by atoms with Crippen molar-refractivity contribution in [3.63, 3.8) is 0 Å². The van der Waals surface area contributed by atoms with Gasteiger partial charge in [-0.1, -0.05) is 36.1 Å². The van der Waals surface area contributed by atoms with Crippen molar-refractivity contribution in [3.05, 3.63) is 34.6 Å². The van der Waals surface area contributed by atoms with E-state index in [0.29, 0.717) is 4.90 Å². The van der Waals surface area contributed by atoms with Crippen molar-refractivity contribution in [1.29, 1.82) is 0 Å². The summed E-state index contributed by atoms with van der Waals surface area (Å²) in [5.74, 6) is -0.208. The van der Waals surface area contributed by atoms with Gasteiger partial charge in [-0.2, -0.15) is 0 Å². The Labute approximate surface area is 120 Å². The lowest BCUT2D eigenvalue weighted by Crippen LogP contribution is -2.17. The van der Waals surface area contributed by atoms with Gasteiger partial charge in [0.05, 0.1) is 4.90 Å². The Kier molecular flexibility index (Phi) is 4.90. The number of benzene rings is 1. The Balaban J connectivity index is 2.15. The summed E-state index contributed by atoms with van der Waals surface area (Å²) in [7, 11) is 0. The standard InChI is InChI=1S/C13H16FN3S2/c1-4-15-8(2)10-5-6-12(11(14)7-10)19-13-17-16-9(3)18-13/h5-8,15H,4H2,1-3H3. The third kappa shape index (κ3) is 3.75. The first kappa shape index (κ1) is 14.4. The summed E-state index contributed by atoms with van der Waals surface area (Å²) >= 11 is 2.79. The molecule has 1 N–H and O–H groups in total. The summed E-state index contributed by atoms with van der Waals surface area (Å²) < 4.78 is 14.8.